The molecule has 1 heterocycles. The minimum absolute atomic E-state index is 0.0226. The van der Waals surface area contributed by atoms with E-state index in [1.165, 1.54) is 11.3 Å². The van der Waals surface area contributed by atoms with Crippen molar-refractivity contribution >= 4 is 28.3 Å². The fourth-order valence-electron chi connectivity index (χ4n) is 1.81. The molecule has 1 rings (SSSR count). The molecule has 0 saturated carbocycles. The predicted octanol–water partition coefficient (Wildman–Crippen LogP) is 3.64. The van der Waals surface area contributed by atoms with Gasteiger partial charge in [0.25, 0.3) is 0 Å². The number of hydrogen-bond donors (Lipinski definition) is 1. The number of anilines is 1. The quantitative estimate of drug-likeness (QED) is 0.780. The number of ether oxygens (including phenoxy) is 1. The second-order valence-corrected chi connectivity index (χ2v) is 6.43. The van der Waals surface area contributed by atoms with E-state index in [0.717, 1.165) is 12.8 Å². The van der Waals surface area contributed by atoms with E-state index in [-0.39, 0.29) is 23.7 Å². The Labute approximate surface area is 130 Å². The van der Waals surface area contributed by atoms with Crippen molar-refractivity contribution in [1.29, 1.82) is 0 Å². The van der Waals surface area contributed by atoms with Gasteiger partial charge in [0.1, 0.15) is 4.88 Å². The average molecular weight is 312 g/mol. The predicted molar refractivity (Wildman–Crippen MR) is 84.7 cm³/mol. The molecular weight excluding hydrogens is 288 g/mol. The van der Waals surface area contributed by atoms with Crippen LogP contribution >= 0.6 is 11.3 Å². The molecule has 0 bridgehead atoms. The molecule has 21 heavy (non-hydrogen) atoms. The first-order valence-electron chi connectivity index (χ1n) is 7.34. The number of nitrogens with one attached hydrogen (secondary N) is 1. The second kappa shape index (κ2) is 8.12. The van der Waals surface area contributed by atoms with E-state index in [4.69, 9.17) is 4.74 Å². The first kappa shape index (κ1) is 17.6. The van der Waals surface area contributed by atoms with Gasteiger partial charge in [-0.15, -0.1) is 0 Å². The Kier molecular flexibility index (Phi) is 6.81. The Hall–Kier alpha value is -1.43. The summed E-state index contributed by atoms with van der Waals surface area (Å²) >= 11 is 1.17. The molecule has 1 aromatic rings. The fraction of sp³-hybridized carbons (Fsp3) is 0.667. The first-order chi connectivity index (χ1) is 9.88. The van der Waals surface area contributed by atoms with E-state index < -0.39 is 0 Å². The molecule has 0 aliphatic carbocycles. The molecule has 0 radical (unpaired) electrons. The number of carbonyl (C=O) groups is 2. The van der Waals surface area contributed by atoms with Crippen LogP contribution in [0.25, 0.3) is 0 Å². The number of rotatable bonds is 7. The number of aromatic nitrogens is 1. The van der Waals surface area contributed by atoms with Crippen LogP contribution in [-0.4, -0.2) is 23.5 Å². The van der Waals surface area contributed by atoms with Crippen molar-refractivity contribution < 1.29 is 14.3 Å². The van der Waals surface area contributed by atoms with Crippen molar-refractivity contribution in [1.82, 2.24) is 4.98 Å². The Bertz CT molecular complexity index is 493. The molecule has 0 unspecified atom stereocenters. The van der Waals surface area contributed by atoms with Crippen molar-refractivity contribution in [2.24, 2.45) is 11.8 Å². The van der Waals surface area contributed by atoms with E-state index in [1.54, 1.807) is 6.92 Å². The Morgan fingerprint density at radius 3 is 2.43 bits per heavy atom. The molecule has 0 fully saturated rings. The smallest absolute Gasteiger partial charge is 0.350 e. The van der Waals surface area contributed by atoms with Gasteiger partial charge in [-0.3, -0.25) is 4.79 Å². The number of amides is 1. The highest BCUT2D eigenvalue weighted by molar-refractivity contribution is 7.17. The van der Waals surface area contributed by atoms with Crippen LogP contribution in [0, 0.1) is 18.8 Å². The summed E-state index contributed by atoms with van der Waals surface area (Å²) in [5.41, 5.74) is 0.591. The number of nitrogens with zero attached hydrogens (tertiary/aromatic N) is 1. The minimum atomic E-state index is -0.373. The highest BCUT2D eigenvalue weighted by Gasteiger charge is 2.20. The van der Waals surface area contributed by atoms with Crippen LogP contribution in [0.15, 0.2) is 0 Å². The largest absolute Gasteiger partial charge is 0.461 e. The molecule has 0 saturated heterocycles. The number of esters is 1. The van der Waals surface area contributed by atoms with Gasteiger partial charge in [-0.05, 0) is 25.7 Å². The lowest BCUT2D eigenvalue weighted by atomic mass is 10.0. The molecule has 1 amide bonds. The molecule has 0 atom stereocenters. The number of thiazole rings is 1. The van der Waals surface area contributed by atoms with Gasteiger partial charge in [-0.1, -0.05) is 39.0 Å². The summed E-state index contributed by atoms with van der Waals surface area (Å²) in [6.07, 6.45) is 1.58. The summed E-state index contributed by atoms with van der Waals surface area (Å²) in [7, 11) is 0. The third-order valence-corrected chi connectivity index (χ3v) is 4.17. The summed E-state index contributed by atoms with van der Waals surface area (Å²) in [6.45, 7) is 10.0. The summed E-state index contributed by atoms with van der Waals surface area (Å²) in [5.74, 6) is -0.153. The van der Waals surface area contributed by atoms with Crippen molar-refractivity contribution in [2.45, 2.75) is 47.5 Å². The van der Waals surface area contributed by atoms with Gasteiger partial charge < -0.3 is 10.1 Å². The van der Waals surface area contributed by atoms with Gasteiger partial charge in [-0.25, -0.2) is 9.78 Å². The maximum atomic E-state index is 12.0. The normalized spacial score (nSPS) is 11.0. The first-order valence-corrected chi connectivity index (χ1v) is 8.16. The zero-order valence-corrected chi connectivity index (χ0v) is 14.2. The molecule has 0 aliphatic rings. The monoisotopic (exact) mass is 312 g/mol. The molecule has 1 N–H and O–H groups in total. The Balaban J connectivity index is 2.73. The van der Waals surface area contributed by atoms with Crippen LogP contribution in [0.4, 0.5) is 5.13 Å². The van der Waals surface area contributed by atoms with E-state index in [0.29, 0.717) is 22.3 Å². The van der Waals surface area contributed by atoms with E-state index >= 15 is 0 Å². The van der Waals surface area contributed by atoms with Gasteiger partial charge in [-0.2, -0.15) is 0 Å². The number of carbonyl (C=O) groups excluding carboxylic acids is 2. The highest BCUT2D eigenvalue weighted by Crippen LogP contribution is 2.24. The van der Waals surface area contributed by atoms with E-state index in [1.807, 2.05) is 27.7 Å². The lowest BCUT2D eigenvalue weighted by Crippen LogP contribution is -2.21. The minimum Gasteiger partial charge on any atom is -0.461 e. The second-order valence-electron chi connectivity index (χ2n) is 5.43. The SMILES string of the molecule is CCC(CC)C(=O)Nc1nc(C)c(C(=O)OCC(C)C)s1. The summed E-state index contributed by atoms with van der Waals surface area (Å²) in [5, 5.41) is 3.24. The van der Waals surface area contributed by atoms with Crippen LogP contribution in [0.5, 0.6) is 0 Å². The molecule has 0 spiro atoms. The topological polar surface area (TPSA) is 68.3 Å². The summed E-state index contributed by atoms with van der Waals surface area (Å²) in [6, 6.07) is 0. The fourth-order valence-corrected chi connectivity index (χ4v) is 2.68. The maximum Gasteiger partial charge on any atom is 0.350 e. The highest BCUT2D eigenvalue weighted by atomic mass is 32.1. The lowest BCUT2D eigenvalue weighted by Gasteiger charge is -2.10. The van der Waals surface area contributed by atoms with Crippen LogP contribution in [0.2, 0.25) is 0 Å². The Morgan fingerprint density at radius 1 is 1.29 bits per heavy atom. The molecule has 5 nitrogen and oxygen atoms in total. The molecule has 0 aliphatic heterocycles. The van der Waals surface area contributed by atoms with Crippen molar-refractivity contribution in [3.63, 3.8) is 0 Å². The van der Waals surface area contributed by atoms with Gasteiger partial charge >= 0.3 is 5.97 Å². The number of aryl methyl sites for hydroxylation is 1. The molecule has 118 valence electrons. The zero-order chi connectivity index (χ0) is 16.0. The average Bonchev–Trinajstić information content (AvgIpc) is 2.78. The van der Waals surface area contributed by atoms with Crippen LogP contribution in [0.3, 0.4) is 0 Å². The third-order valence-electron chi connectivity index (χ3n) is 3.12. The van der Waals surface area contributed by atoms with Gasteiger partial charge in [0.15, 0.2) is 5.13 Å². The van der Waals surface area contributed by atoms with E-state index in [9.17, 15) is 9.59 Å². The van der Waals surface area contributed by atoms with E-state index in [2.05, 4.69) is 10.3 Å². The van der Waals surface area contributed by atoms with Crippen LogP contribution in [0.1, 0.15) is 55.9 Å². The molecule has 0 aromatic carbocycles. The van der Waals surface area contributed by atoms with Crippen molar-refractivity contribution in [3.05, 3.63) is 10.6 Å². The van der Waals surface area contributed by atoms with Gasteiger partial charge in [0.05, 0.1) is 12.3 Å². The van der Waals surface area contributed by atoms with Crippen LogP contribution in [-0.2, 0) is 9.53 Å². The third kappa shape index (κ3) is 5.12. The van der Waals surface area contributed by atoms with Crippen molar-refractivity contribution in [3.8, 4) is 0 Å². The van der Waals surface area contributed by atoms with Crippen LogP contribution < -0.4 is 5.32 Å². The molecule has 1 aromatic heterocycles. The lowest BCUT2D eigenvalue weighted by molar-refractivity contribution is -0.120. The van der Waals surface area contributed by atoms with Gasteiger partial charge in [0.2, 0.25) is 5.91 Å². The standard InChI is InChI=1S/C15H24N2O3S/c1-6-11(7-2)13(18)17-15-16-10(5)12(21-15)14(19)20-8-9(3)4/h9,11H,6-8H2,1-5H3,(H,16,17,18). The zero-order valence-electron chi connectivity index (χ0n) is 13.4. The van der Waals surface area contributed by atoms with Crippen molar-refractivity contribution in [2.75, 3.05) is 11.9 Å². The number of hydrogen-bond acceptors (Lipinski definition) is 5. The molecular formula is C15H24N2O3S. The molecule has 6 heteroatoms. The van der Waals surface area contributed by atoms with Gasteiger partial charge in [0, 0.05) is 5.92 Å². The summed E-state index contributed by atoms with van der Waals surface area (Å²) < 4.78 is 5.20. The summed E-state index contributed by atoms with van der Waals surface area (Å²) in [4.78, 5) is 28.7. The maximum absolute atomic E-state index is 12.0. The Morgan fingerprint density at radius 2 is 1.90 bits per heavy atom.